The first-order chi connectivity index (χ1) is 29.0. The first-order valence-corrected chi connectivity index (χ1v) is 22.9. The van der Waals surface area contributed by atoms with Gasteiger partial charge in [-0.25, -0.2) is 32.0 Å². The van der Waals surface area contributed by atoms with E-state index in [9.17, 15) is 36.4 Å². The molecule has 1 saturated heterocycles. The number of methoxy groups -OCH3 is 1. The topological polar surface area (TPSA) is 195 Å². The highest BCUT2D eigenvalue weighted by atomic mass is 32.2. The first-order valence-electron chi connectivity index (χ1n) is 21.4. The van der Waals surface area contributed by atoms with E-state index < -0.39 is 122 Å². The second-order valence-corrected chi connectivity index (χ2v) is 21.1. The number of rotatable bonds is 10. The molecule has 0 radical (unpaired) electrons. The van der Waals surface area contributed by atoms with Crippen molar-refractivity contribution >= 4 is 44.9 Å². The number of halogens is 4. The predicted octanol–water partition coefficient (Wildman–Crippen LogP) is 5.74. The lowest BCUT2D eigenvalue weighted by molar-refractivity contribution is -0.143. The number of ether oxygens (including phenoxy) is 3. The highest BCUT2D eigenvalue weighted by molar-refractivity contribution is 7.91. The number of carbonyl (C=O) groups excluding carboxylic acids is 4. The molecule has 62 heavy (non-hydrogen) atoms. The summed E-state index contributed by atoms with van der Waals surface area (Å²) < 4.78 is 104. The van der Waals surface area contributed by atoms with Crippen molar-refractivity contribution < 1.29 is 59.4 Å². The van der Waals surface area contributed by atoms with Gasteiger partial charge in [0.25, 0.3) is 11.8 Å². The largest absolute Gasteiger partial charge is 0.497 e. The van der Waals surface area contributed by atoms with E-state index in [1.807, 2.05) is 0 Å². The summed E-state index contributed by atoms with van der Waals surface area (Å²) in [5.41, 5.74) is -3.31. The molecule has 0 unspecified atom stereocenters. The predicted molar refractivity (Wildman–Crippen MR) is 216 cm³/mol. The number of benzene rings is 1. The Kier molecular flexibility index (Phi) is 12.2. The number of nitrogens with zero attached hydrogens (tertiary/aromatic N) is 3. The zero-order valence-corrected chi connectivity index (χ0v) is 36.6. The fraction of sp³-hybridized carbons (Fsp3) is 0.714. The van der Waals surface area contributed by atoms with E-state index in [0.29, 0.717) is 37.9 Å². The lowest BCUT2D eigenvalue weighted by atomic mass is 9.85. The summed E-state index contributed by atoms with van der Waals surface area (Å²) >= 11 is 0. The summed E-state index contributed by atoms with van der Waals surface area (Å²) in [6, 6.07) is 1.77. The van der Waals surface area contributed by atoms with Crippen LogP contribution in [-0.2, 0) is 35.1 Å². The maximum absolute atomic E-state index is 16.4. The first kappa shape index (κ1) is 45.5. The molecular weight excluding hydrogens is 841 g/mol. The molecule has 1 aromatic carbocycles. The molecule has 4 fully saturated rings. The minimum atomic E-state index is -4.22. The number of carbonyl (C=O) groups is 4. The van der Waals surface area contributed by atoms with Gasteiger partial charge in [-0.15, -0.1) is 0 Å². The summed E-state index contributed by atoms with van der Waals surface area (Å²) in [4.78, 5) is 67.2. The molecular formula is C42H56F4N6O9S. The maximum atomic E-state index is 16.4. The smallest absolute Gasteiger partial charge is 0.408 e. The Labute approximate surface area is 358 Å². The number of hydrogen-bond donors (Lipinski definition) is 3. The van der Waals surface area contributed by atoms with Gasteiger partial charge in [0.1, 0.15) is 35.6 Å². The molecule has 342 valence electrons. The fourth-order valence-electron chi connectivity index (χ4n) is 8.87. The summed E-state index contributed by atoms with van der Waals surface area (Å²) in [6.45, 7) is 7.87. The summed E-state index contributed by atoms with van der Waals surface area (Å²) in [7, 11) is -2.79. The Balaban J connectivity index is 1.30. The summed E-state index contributed by atoms with van der Waals surface area (Å²) in [6.07, 6.45) is -4.61. The summed E-state index contributed by atoms with van der Waals surface area (Å²) in [5.74, 6) is -8.35. The van der Waals surface area contributed by atoms with Gasteiger partial charge < -0.3 is 29.7 Å². The highest BCUT2D eigenvalue weighted by Crippen LogP contribution is 2.50. The highest BCUT2D eigenvalue weighted by Gasteiger charge is 2.64. The fourth-order valence-corrected chi connectivity index (χ4v) is 10.2. The Hall–Kier alpha value is -4.49. The van der Waals surface area contributed by atoms with Gasteiger partial charge in [0.15, 0.2) is 5.69 Å². The van der Waals surface area contributed by atoms with E-state index in [0.717, 1.165) is 4.90 Å². The molecule has 3 heterocycles. The molecule has 2 aliphatic heterocycles. The third-order valence-electron chi connectivity index (χ3n) is 13.3. The summed E-state index contributed by atoms with van der Waals surface area (Å²) in [5, 5.41) is 5.38. The van der Waals surface area contributed by atoms with E-state index in [2.05, 4.69) is 25.3 Å². The number of amides is 4. The minimum Gasteiger partial charge on any atom is -0.497 e. The lowest BCUT2D eigenvalue weighted by Gasteiger charge is -2.36. The Morgan fingerprint density at radius 2 is 1.79 bits per heavy atom. The molecule has 2 bridgehead atoms. The van der Waals surface area contributed by atoms with Crippen LogP contribution in [0.3, 0.4) is 0 Å². The normalized spacial score (nSPS) is 30.7. The van der Waals surface area contributed by atoms with Crippen molar-refractivity contribution in [2.45, 2.75) is 152 Å². The van der Waals surface area contributed by atoms with Crippen LogP contribution in [0.5, 0.6) is 11.6 Å². The Bertz CT molecular complexity index is 2210. The van der Waals surface area contributed by atoms with Crippen molar-refractivity contribution in [3.8, 4) is 11.6 Å². The van der Waals surface area contributed by atoms with Gasteiger partial charge in [0.05, 0.1) is 29.4 Å². The molecule has 20 heteroatoms. The zero-order valence-electron chi connectivity index (χ0n) is 35.8. The molecule has 0 spiro atoms. The van der Waals surface area contributed by atoms with Crippen molar-refractivity contribution in [3.05, 3.63) is 23.9 Å². The monoisotopic (exact) mass is 896 g/mol. The van der Waals surface area contributed by atoms with E-state index in [1.54, 1.807) is 33.8 Å². The molecule has 5 aliphatic rings. The van der Waals surface area contributed by atoms with Crippen molar-refractivity contribution in [2.24, 2.45) is 23.2 Å². The second-order valence-electron chi connectivity index (χ2n) is 18.9. The molecule has 3 saturated carbocycles. The van der Waals surface area contributed by atoms with E-state index >= 15 is 8.78 Å². The molecule has 15 nitrogen and oxygen atoms in total. The van der Waals surface area contributed by atoms with Crippen molar-refractivity contribution in [3.63, 3.8) is 0 Å². The van der Waals surface area contributed by atoms with Crippen LogP contribution in [0.2, 0.25) is 0 Å². The standard InChI is InChI=1S/C42H56F4N6O9S/c1-7-25-29-21-52(31(25)34(53)50-41(20-23(41)11-14-30(43)44)37(55)51-62(57,58)40(5)16-17-40)36(54)33(39(2,3)4)49-38(56)61-28-18-22(28)10-8-9-15-42(45,46)32-35(60-29)48-27-19-24(59-6)12-13-26(27)47-32/h12-13,19,22-23,25,28-31,33H,7-11,14-18,20-21H2,1-6H3,(H,49,56)(H,50,53)(H,51,55)/t22-,23-,25-,28-,29+,31+,33-,41-/m1/s1. The van der Waals surface area contributed by atoms with E-state index in [4.69, 9.17) is 14.2 Å². The van der Waals surface area contributed by atoms with Crippen LogP contribution in [0.25, 0.3) is 11.0 Å². The lowest BCUT2D eigenvalue weighted by Crippen LogP contribution is -2.61. The Morgan fingerprint density at radius 1 is 1.06 bits per heavy atom. The number of hydrogen-bond acceptors (Lipinski definition) is 11. The van der Waals surface area contributed by atoms with Crippen LogP contribution < -0.4 is 24.8 Å². The molecule has 4 amide bonds. The van der Waals surface area contributed by atoms with Crippen LogP contribution in [-0.4, -0.2) is 102 Å². The maximum Gasteiger partial charge on any atom is 0.408 e. The number of sulfonamides is 1. The van der Waals surface area contributed by atoms with Crippen molar-refractivity contribution in [1.82, 2.24) is 30.2 Å². The minimum absolute atomic E-state index is 0.0531. The van der Waals surface area contributed by atoms with E-state index in [-0.39, 0.29) is 49.2 Å². The quantitative estimate of drug-likeness (QED) is 0.246. The van der Waals surface area contributed by atoms with Gasteiger partial charge in [0.2, 0.25) is 34.1 Å². The van der Waals surface area contributed by atoms with Crippen LogP contribution in [0.1, 0.15) is 111 Å². The van der Waals surface area contributed by atoms with Crippen LogP contribution in [0.4, 0.5) is 22.4 Å². The number of alkyl halides is 4. The average molecular weight is 897 g/mol. The second kappa shape index (κ2) is 16.6. The number of alkyl carbamates (subject to hydrolysis) is 1. The molecule has 2 aromatic rings. The number of fused-ring (bicyclic) bond motifs is 5. The zero-order chi connectivity index (χ0) is 45.2. The van der Waals surface area contributed by atoms with Gasteiger partial charge >= 0.3 is 6.09 Å². The average Bonchev–Trinajstić information content (AvgIpc) is 4.15. The van der Waals surface area contributed by atoms with Gasteiger partial charge in [-0.05, 0) is 87.7 Å². The molecule has 7 rings (SSSR count). The van der Waals surface area contributed by atoms with Crippen LogP contribution >= 0.6 is 0 Å². The molecule has 1 aromatic heterocycles. The molecule has 8 atom stereocenters. The molecule has 3 aliphatic carbocycles. The number of nitrogens with one attached hydrogen (secondary N) is 3. The van der Waals surface area contributed by atoms with Crippen molar-refractivity contribution in [2.75, 3.05) is 13.7 Å². The van der Waals surface area contributed by atoms with Gasteiger partial charge in [-0.1, -0.05) is 34.1 Å². The van der Waals surface area contributed by atoms with Crippen LogP contribution in [0, 0.1) is 23.2 Å². The number of aromatic nitrogens is 2. The third-order valence-corrected chi connectivity index (χ3v) is 15.5. The van der Waals surface area contributed by atoms with Crippen LogP contribution in [0.15, 0.2) is 18.2 Å². The Morgan fingerprint density at radius 3 is 2.44 bits per heavy atom. The van der Waals surface area contributed by atoms with Gasteiger partial charge in [0, 0.05) is 24.8 Å². The van der Waals surface area contributed by atoms with Crippen molar-refractivity contribution in [1.29, 1.82) is 0 Å². The van der Waals surface area contributed by atoms with Gasteiger partial charge in [-0.2, -0.15) is 8.78 Å². The van der Waals surface area contributed by atoms with Gasteiger partial charge in [-0.3, -0.25) is 19.1 Å². The SMILES string of the molecule is CC[C@@H]1[C@@H]2CN(C(=O)[C@H](C(C)(C)C)NC(=O)O[C@@H]3C[C@H]3CCCCC(F)(F)c3nc4ccc(OC)cc4nc3O2)[C@@H]1C(=O)N[C@]1(C(=O)NS(=O)(=O)C2(C)CC2)C[C@H]1CCC(F)F. The van der Waals surface area contributed by atoms with E-state index in [1.165, 1.54) is 26.2 Å². The third kappa shape index (κ3) is 9.12. The molecule has 3 N–H and O–H groups in total.